The molecule has 0 saturated carbocycles. The van der Waals surface area contributed by atoms with Crippen molar-refractivity contribution >= 4 is 10.9 Å². The number of nitrogens with one attached hydrogen (secondary N) is 1. The molecule has 0 bridgehead atoms. The lowest BCUT2D eigenvalue weighted by molar-refractivity contribution is 0.300. The van der Waals surface area contributed by atoms with E-state index in [1.807, 2.05) is 18.2 Å². The molecule has 3 nitrogen and oxygen atoms in total. The zero-order valence-electron chi connectivity index (χ0n) is 10.2. The average molecular weight is 231 g/mol. The van der Waals surface area contributed by atoms with E-state index in [2.05, 4.69) is 18.8 Å². The Hall–Kier alpha value is -1.61. The van der Waals surface area contributed by atoms with E-state index in [0.717, 1.165) is 22.0 Å². The number of para-hydroxylation sites is 1. The molecule has 0 radical (unpaired) electrons. The Labute approximate surface area is 100 Å². The van der Waals surface area contributed by atoms with E-state index < -0.39 is 0 Å². The fraction of sp³-hybridized carbons (Fsp3) is 0.357. The van der Waals surface area contributed by atoms with Crippen molar-refractivity contribution in [2.45, 2.75) is 26.2 Å². The second kappa shape index (κ2) is 4.72. The lowest BCUT2D eigenvalue weighted by Crippen LogP contribution is -2.09. The van der Waals surface area contributed by atoms with E-state index >= 15 is 0 Å². The molecule has 0 atom stereocenters. The molecule has 2 N–H and O–H groups in total. The summed E-state index contributed by atoms with van der Waals surface area (Å²) in [4.78, 5) is 14.5. The average Bonchev–Trinajstić information content (AvgIpc) is 2.28. The minimum Gasteiger partial charge on any atom is -0.396 e. The van der Waals surface area contributed by atoms with Gasteiger partial charge in [-0.2, -0.15) is 0 Å². The summed E-state index contributed by atoms with van der Waals surface area (Å²) in [6.07, 6.45) is 0.516. The van der Waals surface area contributed by atoms with Crippen LogP contribution in [-0.2, 0) is 6.42 Å². The highest BCUT2D eigenvalue weighted by Gasteiger charge is 2.09. The van der Waals surface area contributed by atoms with Crippen LogP contribution in [-0.4, -0.2) is 16.7 Å². The number of benzene rings is 1. The van der Waals surface area contributed by atoms with Gasteiger partial charge in [0, 0.05) is 18.1 Å². The van der Waals surface area contributed by atoms with Gasteiger partial charge in [-0.25, -0.2) is 0 Å². The predicted octanol–water partition coefficient (Wildman–Crippen LogP) is 2.19. The van der Waals surface area contributed by atoms with Crippen LogP contribution in [0.4, 0.5) is 0 Å². The summed E-state index contributed by atoms with van der Waals surface area (Å²) in [5, 5.41) is 10.1. The predicted molar refractivity (Wildman–Crippen MR) is 69.4 cm³/mol. The molecule has 0 aliphatic rings. The Morgan fingerprint density at radius 2 is 2.12 bits per heavy atom. The second-order valence-electron chi connectivity index (χ2n) is 4.56. The molecule has 1 aromatic carbocycles. The molecule has 0 fully saturated rings. The van der Waals surface area contributed by atoms with Crippen molar-refractivity contribution in [3.63, 3.8) is 0 Å². The van der Waals surface area contributed by atoms with Gasteiger partial charge in [-0.05, 0) is 23.5 Å². The van der Waals surface area contributed by atoms with Gasteiger partial charge in [0.15, 0.2) is 0 Å². The first kappa shape index (κ1) is 11.9. The summed E-state index contributed by atoms with van der Waals surface area (Å²) in [6, 6.07) is 7.59. The highest BCUT2D eigenvalue weighted by molar-refractivity contribution is 5.85. The highest BCUT2D eigenvalue weighted by atomic mass is 16.3. The van der Waals surface area contributed by atoms with Crippen LogP contribution in [0, 0.1) is 0 Å². The Balaban J connectivity index is 2.78. The second-order valence-corrected chi connectivity index (χ2v) is 4.56. The first-order valence-electron chi connectivity index (χ1n) is 5.89. The number of H-pyrrole nitrogens is 1. The molecule has 0 aliphatic carbocycles. The van der Waals surface area contributed by atoms with Crippen LogP contribution >= 0.6 is 0 Å². The van der Waals surface area contributed by atoms with E-state index in [9.17, 15) is 4.79 Å². The van der Waals surface area contributed by atoms with Crippen molar-refractivity contribution in [1.29, 1.82) is 0 Å². The smallest absolute Gasteiger partial charge is 0.248 e. The third kappa shape index (κ3) is 2.24. The number of aliphatic hydroxyl groups excluding tert-OH is 1. The summed E-state index contributed by atoms with van der Waals surface area (Å²) in [5.41, 5.74) is 2.85. The van der Waals surface area contributed by atoms with Gasteiger partial charge in [-0.15, -0.1) is 0 Å². The number of aliphatic hydroxyl groups is 1. The van der Waals surface area contributed by atoms with Crippen molar-refractivity contribution in [3.8, 4) is 0 Å². The van der Waals surface area contributed by atoms with E-state index in [-0.39, 0.29) is 12.2 Å². The van der Waals surface area contributed by atoms with Gasteiger partial charge < -0.3 is 10.1 Å². The topological polar surface area (TPSA) is 53.1 Å². The molecule has 1 heterocycles. The quantitative estimate of drug-likeness (QED) is 0.850. The van der Waals surface area contributed by atoms with Crippen LogP contribution in [0.25, 0.3) is 10.9 Å². The van der Waals surface area contributed by atoms with Gasteiger partial charge in [-0.1, -0.05) is 32.0 Å². The molecule has 2 rings (SSSR count). The molecule has 17 heavy (non-hydrogen) atoms. The van der Waals surface area contributed by atoms with Crippen molar-refractivity contribution in [1.82, 2.24) is 4.98 Å². The summed E-state index contributed by atoms with van der Waals surface area (Å²) < 4.78 is 0. The number of aromatic nitrogens is 1. The molecule has 0 aliphatic heterocycles. The number of rotatable bonds is 3. The van der Waals surface area contributed by atoms with E-state index in [0.29, 0.717) is 12.3 Å². The van der Waals surface area contributed by atoms with Gasteiger partial charge in [0.1, 0.15) is 0 Å². The largest absolute Gasteiger partial charge is 0.396 e. The summed E-state index contributed by atoms with van der Waals surface area (Å²) in [6.45, 7) is 4.27. The number of aromatic amines is 1. The van der Waals surface area contributed by atoms with Crippen LogP contribution in [0.3, 0.4) is 0 Å². The van der Waals surface area contributed by atoms with Crippen molar-refractivity contribution in [2.75, 3.05) is 6.61 Å². The van der Waals surface area contributed by atoms with Crippen LogP contribution in [0.1, 0.15) is 30.9 Å². The summed E-state index contributed by atoms with van der Waals surface area (Å²) >= 11 is 0. The molecule has 0 spiro atoms. The third-order valence-corrected chi connectivity index (χ3v) is 3.00. The van der Waals surface area contributed by atoms with Crippen molar-refractivity contribution < 1.29 is 5.11 Å². The molecule has 90 valence electrons. The van der Waals surface area contributed by atoms with Gasteiger partial charge in [0.2, 0.25) is 5.56 Å². The standard InChI is InChI=1S/C14H17NO2/c1-9(2)11-4-3-5-12-10(6-7-16)8-13(17)15-14(11)12/h3-5,8-9,16H,6-7H2,1-2H3,(H,15,17). The van der Waals surface area contributed by atoms with Crippen LogP contribution in [0.2, 0.25) is 0 Å². The maximum absolute atomic E-state index is 11.6. The number of fused-ring (bicyclic) bond motifs is 1. The van der Waals surface area contributed by atoms with Crippen LogP contribution in [0.5, 0.6) is 0 Å². The maximum Gasteiger partial charge on any atom is 0.248 e. The molecule has 3 heteroatoms. The van der Waals surface area contributed by atoms with Gasteiger partial charge >= 0.3 is 0 Å². The molecular formula is C14H17NO2. The first-order valence-corrected chi connectivity index (χ1v) is 5.89. The molecule has 1 aromatic heterocycles. The highest BCUT2D eigenvalue weighted by Crippen LogP contribution is 2.24. The lowest BCUT2D eigenvalue weighted by Gasteiger charge is -2.11. The van der Waals surface area contributed by atoms with Crippen LogP contribution < -0.4 is 5.56 Å². The first-order chi connectivity index (χ1) is 8.13. The fourth-order valence-corrected chi connectivity index (χ4v) is 2.18. The SMILES string of the molecule is CC(C)c1cccc2c(CCO)cc(=O)[nH]c12. The van der Waals surface area contributed by atoms with Gasteiger partial charge in [0.25, 0.3) is 0 Å². The Bertz CT molecular complexity index is 584. The zero-order valence-corrected chi connectivity index (χ0v) is 10.2. The third-order valence-electron chi connectivity index (χ3n) is 3.00. The maximum atomic E-state index is 11.6. The molecular weight excluding hydrogens is 214 g/mol. The summed E-state index contributed by atoms with van der Waals surface area (Å²) in [5.74, 6) is 0.360. The minimum atomic E-state index is -0.103. The minimum absolute atomic E-state index is 0.0600. The number of hydrogen-bond acceptors (Lipinski definition) is 2. The van der Waals surface area contributed by atoms with Gasteiger partial charge in [-0.3, -0.25) is 4.79 Å². The molecule has 0 unspecified atom stereocenters. The van der Waals surface area contributed by atoms with E-state index in [4.69, 9.17) is 5.11 Å². The van der Waals surface area contributed by atoms with Crippen molar-refractivity contribution in [3.05, 3.63) is 45.7 Å². The van der Waals surface area contributed by atoms with Crippen LogP contribution in [0.15, 0.2) is 29.1 Å². The van der Waals surface area contributed by atoms with E-state index in [1.54, 1.807) is 6.07 Å². The van der Waals surface area contributed by atoms with Crippen molar-refractivity contribution in [2.24, 2.45) is 0 Å². The molecule has 0 amide bonds. The van der Waals surface area contributed by atoms with Gasteiger partial charge in [0.05, 0.1) is 5.52 Å². The number of hydrogen-bond donors (Lipinski definition) is 2. The fourth-order valence-electron chi connectivity index (χ4n) is 2.18. The lowest BCUT2D eigenvalue weighted by atomic mass is 9.97. The molecule has 2 aromatic rings. The Morgan fingerprint density at radius 1 is 1.35 bits per heavy atom. The monoisotopic (exact) mass is 231 g/mol. The zero-order chi connectivity index (χ0) is 12.4. The summed E-state index contributed by atoms with van der Waals surface area (Å²) in [7, 11) is 0. The normalized spacial score (nSPS) is 11.3. The molecule has 0 saturated heterocycles. The Morgan fingerprint density at radius 3 is 2.76 bits per heavy atom. The Kier molecular flexibility index (Phi) is 3.29. The number of pyridine rings is 1. The van der Waals surface area contributed by atoms with E-state index in [1.165, 1.54) is 0 Å².